The second-order valence-corrected chi connectivity index (χ2v) is 7.21. The summed E-state index contributed by atoms with van der Waals surface area (Å²) in [6.07, 6.45) is 0.874. The van der Waals surface area contributed by atoms with Gasteiger partial charge in [-0.15, -0.1) is 0 Å². The zero-order valence-corrected chi connectivity index (χ0v) is 12.6. The van der Waals surface area contributed by atoms with Gasteiger partial charge in [0, 0.05) is 26.7 Å². The summed E-state index contributed by atoms with van der Waals surface area (Å²) in [5.74, 6) is 0.367. The predicted octanol–water partition coefficient (Wildman–Crippen LogP) is 0.943. The lowest BCUT2D eigenvalue weighted by Gasteiger charge is -2.16. The van der Waals surface area contributed by atoms with Crippen LogP contribution in [0.4, 0.5) is 0 Å². The minimum atomic E-state index is -3.24. The van der Waals surface area contributed by atoms with Crippen molar-refractivity contribution in [2.75, 3.05) is 26.8 Å². The predicted molar refractivity (Wildman–Crippen MR) is 78.5 cm³/mol. The summed E-state index contributed by atoms with van der Waals surface area (Å²) in [4.78, 5) is 0. The van der Waals surface area contributed by atoms with Crippen molar-refractivity contribution < 1.29 is 13.2 Å². The quantitative estimate of drug-likeness (QED) is 0.848. The van der Waals surface area contributed by atoms with Gasteiger partial charge >= 0.3 is 0 Å². The van der Waals surface area contributed by atoms with Crippen molar-refractivity contribution in [3.8, 4) is 0 Å². The molecule has 0 spiro atoms. The Morgan fingerprint density at radius 2 is 1.95 bits per heavy atom. The Balaban J connectivity index is 2.00. The van der Waals surface area contributed by atoms with Gasteiger partial charge in [0.1, 0.15) is 0 Å². The van der Waals surface area contributed by atoms with Crippen molar-refractivity contribution in [1.29, 1.82) is 0 Å². The van der Waals surface area contributed by atoms with Gasteiger partial charge in [0.15, 0.2) is 0 Å². The highest BCUT2D eigenvalue weighted by Crippen LogP contribution is 2.22. The molecule has 1 unspecified atom stereocenters. The van der Waals surface area contributed by atoms with Gasteiger partial charge in [0.25, 0.3) is 0 Å². The molecule has 0 radical (unpaired) electrons. The average molecular weight is 298 g/mol. The summed E-state index contributed by atoms with van der Waals surface area (Å²) >= 11 is 0. The van der Waals surface area contributed by atoms with E-state index in [9.17, 15) is 8.42 Å². The molecule has 0 amide bonds. The molecule has 112 valence electrons. The molecular weight excluding hydrogens is 276 g/mol. The number of ether oxygens (including phenoxy) is 1. The Hall–Kier alpha value is -0.950. The molecule has 0 aliphatic carbocycles. The number of sulfonamides is 1. The van der Waals surface area contributed by atoms with E-state index in [-0.39, 0.29) is 5.75 Å². The Morgan fingerprint density at radius 1 is 1.30 bits per heavy atom. The van der Waals surface area contributed by atoms with Gasteiger partial charge in [-0.25, -0.2) is 12.7 Å². The number of hydrogen-bond donors (Lipinski definition) is 1. The maximum absolute atomic E-state index is 12.4. The van der Waals surface area contributed by atoms with Gasteiger partial charge < -0.3 is 10.5 Å². The van der Waals surface area contributed by atoms with Gasteiger partial charge in [-0.05, 0) is 23.5 Å². The highest BCUT2D eigenvalue weighted by atomic mass is 32.2. The van der Waals surface area contributed by atoms with Crippen LogP contribution in [-0.4, -0.2) is 39.5 Å². The lowest BCUT2D eigenvalue weighted by Crippen LogP contribution is -2.30. The molecule has 1 heterocycles. The van der Waals surface area contributed by atoms with Crippen LogP contribution in [0.15, 0.2) is 24.3 Å². The molecule has 0 bridgehead atoms. The van der Waals surface area contributed by atoms with E-state index in [1.165, 1.54) is 0 Å². The summed E-state index contributed by atoms with van der Waals surface area (Å²) in [6, 6.07) is 7.43. The third-order valence-electron chi connectivity index (χ3n) is 3.65. The van der Waals surface area contributed by atoms with Crippen LogP contribution in [0.1, 0.15) is 17.5 Å². The SMILES string of the molecule is COCC1CCN(S(=O)(=O)Cc2ccc(CN)cc2)C1. The van der Waals surface area contributed by atoms with E-state index in [4.69, 9.17) is 10.5 Å². The van der Waals surface area contributed by atoms with E-state index in [1.807, 2.05) is 24.3 Å². The fourth-order valence-corrected chi connectivity index (χ4v) is 4.11. The topological polar surface area (TPSA) is 72.6 Å². The normalized spacial score (nSPS) is 20.4. The van der Waals surface area contributed by atoms with Crippen molar-refractivity contribution >= 4 is 10.0 Å². The molecule has 0 saturated carbocycles. The van der Waals surface area contributed by atoms with E-state index in [2.05, 4.69) is 0 Å². The first kappa shape index (κ1) is 15.4. The van der Waals surface area contributed by atoms with Crippen LogP contribution in [-0.2, 0) is 27.1 Å². The average Bonchev–Trinajstić information content (AvgIpc) is 2.89. The van der Waals surface area contributed by atoms with Crippen LogP contribution in [0.3, 0.4) is 0 Å². The van der Waals surface area contributed by atoms with E-state index in [1.54, 1.807) is 11.4 Å². The zero-order chi connectivity index (χ0) is 14.6. The van der Waals surface area contributed by atoms with E-state index in [0.29, 0.717) is 32.2 Å². The number of methoxy groups -OCH3 is 1. The van der Waals surface area contributed by atoms with Crippen molar-refractivity contribution in [2.24, 2.45) is 11.7 Å². The van der Waals surface area contributed by atoms with Gasteiger partial charge in [-0.3, -0.25) is 0 Å². The Morgan fingerprint density at radius 3 is 2.55 bits per heavy atom. The van der Waals surface area contributed by atoms with Crippen LogP contribution in [0.2, 0.25) is 0 Å². The minimum absolute atomic E-state index is 0.0531. The summed E-state index contributed by atoms with van der Waals surface area (Å²) < 4.78 is 31.4. The molecule has 0 aromatic heterocycles. The Kier molecular flexibility index (Phi) is 5.15. The standard InChI is InChI=1S/C14H22N2O3S/c1-19-10-14-6-7-16(9-14)20(17,18)11-13-4-2-12(8-15)3-5-13/h2-5,14H,6-11,15H2,1H3. The first-order chi connectivity index (χ1) is 9.55. The van der Waals surface area contributed by atoms with Crippen molar-refractivity contribution in [1.82, 2.24) is 4.31 Å². The maximum Gasteiger partial charge on any atom is 0.218 e. The van der Waals surface area contributed by atoms with E-state index < -0.39 is 10.0 Å². The maximum atomic E-state index is 12.4. The summed E-state index contributed by atoms with van der Waals surface area (Å²) in [6.45, 7) is 2.25. The molecule has 2 rings (SSSR count). The van der Waals surface area contributed by atoms with Gasteiger partial charge in [-0.1, -0.05) is 24.3 Å². The van der Waals surface area contributed by atoms with Crippen molar-refractivity contribution in [3.05, 3.63) is 35.4 Å². The van der Waals surface area contributed by atoms with Crippen LogP contribution in [0.5, 0.6) is 0 Å². The highest BCUT2D eigenvalue weighted by molar-refractivity contribution is 7.88. The minimum Gasteiger partial charge on any atom is -0.384 e. The summed E-state index contributed by atoms with van der Waals surface area (Å²) in [5, 5.41) is 0. The molecule has 5 nitrogen and oxygen atoms in total. The van der Waals surface area contributed by atoms with Gasteiger partial charge in [-0.2, -0.15) is 0 Å². The highest BCUT2D eigenvalue weighted by Gasteiger charge is 2.31. The zero-order valence-electron chi connectivity index (χ0n) is 11.8. The lowest BCUT2D eigenvalue weighted by atomic mass is 10.1. The third-order valence-corrected chi connectivity index (χ3v) is 5.47. The summed E-state index contributed by atoms with van der Waals surface area (Å²) in [5.41, 5.74) is 7.34. The Labute approximate surface area is 120 Å². The molecule has 1 aliphatic heterocycles. The molecule has 1 fully saturated rings. The summed E-state index contributed by atoms with van der Waals surface area (Å²) in [7, 11) is -1.59. The molecule has 1 aromatic carbocycles. The van der Waals surface area contributed by atoms with Crippen molar-refractivity contribution in [2.45, 2.75) is 18.7 Å². The molecule has 1 atom stereocenters. The molecule has 6 heteroatoms. The first-order valence-electron chi connectivity index (χ1n) is 6.80. The monoisotopic (exact) mass is 298 g/mol. The number of hydrogen-bond acceptors (Lipinski definition) is 4. The molecule has 1 aliphatic rings. The lowest BCUT2D eigenvalue weighted by molar-refractivity contribution is 0.157. The Bertz CT molecular complexity index is 528. The van der Waals surface area contributed by atoms with Gasteiger partial charge in [0.2, 0.25) is 10.0 Å². The second-order valence-electron chi connectivity index (χ2n) is 5.24. The first-order valence-corrected chi connectivity index (χ1v) is 8.40. The molecular formula is C14H22N2O3S. The number of rotatable bonds is 6. The molecule has 1 aromatic rings. The number of nitrogens with two attached hydrogens (primary N) is 1. The second kappa shape index (κ2) is 6.67. The fraction of sp³-hybridized carbons (Fsp3) is 0.571. The number of nitrogens with zero attached hydrogens (tertiary/aromatic N) is 1. The van der Waals surface area contributed by atoms with Crippen LogP contribution in [0.25, 0.3) is 0 Å². The molecule has 2 N–H and O–H groups in total. The van der Waals surface area contributed by atoms with E-state index >= 15 is 0 Å². The third kappa shape index (κ3) is 3.79. The van der Waals surface area contributed by atoms with Crippen molar-refractivity contribution in [3.63, 3.8) is 0 Å². The number of benzene rings is 1. The van der Waals surface area contributed by atoms with E-state index in [0.717, 1.165) is 17.5 Å². The molecule has 20 heavy (non-hydrogen) atoms. The van der Waals surface area contributed by atoms with Crippen LogP contribution in [0, 0.1) is 5.92 Å². The molecule has 1 saturated heterocycles. The van der Waals surface area contributed by atoms with Crippen LogP contribution < -0.4 is 5.73 Å². The van der Waals surface area contributed by atoms with Crippen LogP contribution >= 0.6 is 0 Å². The smallest absolute Gasteiger partial charge is 0.218 e. The van der Waals surface area contributed by atoms with Gasteiger partial charge in [0.05, 0.1) is 12.4 Å². The largest absolute Gasteiger partial charge is 0.384 e. The fourth-order valence-electron chi connectivity index (χ4n) is 2.49.